The van der Waals surface area contributed by atoms with Gasteiger partial charge in [-0.3, -0.25) is 0 Å². The molecule has 0 bridgehead atoms. The van der Waals surface area contributed by atoms with Crippen LogP contribution < -0.4 is 10.0 Å². The Morgan fingerprint density at radius 1 is 1.37 bits per heavy atom. The van der Waals surface area contributed by atoms with E-state index in [2.05, 4.69) is 10.0 Å². The average Bonchev–Trinajstić information content (AvgIpc) is 2.26. The molecule has 0 amide bonds. The predicted octanol–water partition coefficient (Wildman–Crippen LogP) is 2.07. The van der Waals surface area contributed by atoms with E-state index in [0.29, 0.717) is 24.5 Å². The first-order chi connectivity index (χ1) is 8.79. The van der Waals surface area contributed by atoms with E-state index < -0.39 is 10.0 Å². The summed E-state index contributed by atoms with van der Waals surface area (Å²) in [6.07, 6.45) is 1.79. The zero-order valence-electron chi connectivity index (χ0n) is 10.9. The summed E-state index contributed by atoms with van der Waals surface area (Å²) in [5.41, 5.74) is 0.819. The molecule has 0 aliphatic rings. The van der Waals surface area contributed by atoms with Crippen LogP contribution in [0.4, 0.5) is 4.39 Å². The van der Waals surface area contributed by atoms with Crippen molar-refractivity contribution in [3.8, 4) is 0 Å². The summed E-state index contributed by atoms with van der Waals surface area (Å²) >= 11 is 5.95. The molecule has 1 aromatic rings. The number of halogens is 2. The molecule has 108 valence electrons. The first-order valence-electron chi connectivity index (χ1n) is 5.92. The van der Waals surface area contributed by atoms with Crippen molar-refractivity contribution in [3.63, 3.8) is 0 Å². The van der Waals surface area contributed by atoms with Gasteiger partial charge in [-0.2, -0.15) is 0 Å². The standard InChI is InChI=1S/C12H18ClFN2O2S/c1-9(11-5-4-10(14)8-12(11)13)15-6-3-7-16-19(2,17)18/h4-5,8-9,15-16H,3,6-7H2,1-2H3. The number of hydrogen-bond acceptors (Lipinski definition) is 3. The van der Waals surface area contributed by atoms with E-state index >= 15 is 0 Å². The Hall–Kier alpha value is -0.690. The van der Waals surface area contributed by atoms with Gasteiger partial charge in [0.15, 0.2) is 0 Å². The van der Waals surface area contributed by atoms with E-state index in [4.69, 9.17) is 11.6 Å². The van der Waals surface area contributed by atoms with Crippen molar-refractivity contribution in [2.24, 2.45) is 0 Å². The lowest BCUT2D eigenvalue weighted by Crippen LogP contribution is -2.27. The fraction of sp³-hybridized carbons (Fsp3) is 0.500. The lowest BCUT2D eigenvalue weighted by atomic mass is 10.1. The third-order valence-electron chi connectivity index (χ3n) is 2.60. The molecule has 1 unspecified atom stereocenters. The maximum absolute atomic E-state index is 12.9. The average molecular weight is 309 g/mol. The van der Waals surface area contributed by atoms with Gasteiger partial charge in [0.25, 0.3) is 0 Å². The molecule has 0 saturated heterocycles. The highest BCUT2D eigenvalue weighted by Crippen LogP contribution is 2.23. The van der Waals surface area contributed by atoms with Crippen LogP contribution in [0.25, 0.3) is 0 Å². The van der Waals surface area contributed by atoms with Gasteiger partial charge in [0.1, 0.15) is 5.82 Å². The molecule has 7 heteroatoms. The normalized spacial score (nSPS) is 13.5. The molecule has 19 heavy (non-hydrogen) atoms. The SMILES string of the molecule is CC(NCCCNS(C)(=O)=O)c1ccc(F)cc1Cl. The summed E-state index contributed by atoms with van der Waals surface area (Å²) in [6.45, 7) is 2.94. The zero-order chi connectivity index (χ0) is 14.5. The van der Waals surface area contributed by atoms with Gasteiger partial charge in [-0.1, -0.05) is 17.7 Å². The molecule has 0 aromatic heterocycles. The molecule has 1 aromatic carbocycles. The summed E-state index contributed by atoms with van der Waals surface area (Å²) in [5, 5.41) is 3.59. The van der Waals surface area contributed by atoms with Crippen LogP contribution in [0.2, 0.25) is 5.02 Å². The van der Waals surface area contributed by atoms with Gasteiger partial charge in [0.05, 0.1) is 6.26 Å². The highest BCUT2D eigenvalue weighted by atomic mass is 35.5. The van der Waals surface area contributed by atoms with Crippen LogP contribution in [0.15, 0.2) is 18.2 Å². The smallest absolute Gasteiger partial charge is 0.208 e. The maximum atomic E-state index is 12.9. The van der Waals surface area contributed by atoms with E-state index in [0.717, 1.165) is 11.8 Å². The minimum Gasteiger partial charge on any atom is -0.310 e. The van der Waals surface area contributed by atoms with Gasteiger partial charge in [-0.15, -0.1) is 0 Å². The summed E-state index contributed by atoms with van der Waals surface area (Å²) in [4.78, 5) is 0. The Kier molecular flexibility index (Phi) is 6.19. The summed E-state index contributed by atoms with van der Waals surface area (Å²) in [5.74, 6) is -0.363. The molecular weight excluding hydrogens is 291 g/mol. The second kappa shape index (κ2) is 7.19. The van der Waals surface area contributed by atoms with Crippen molar-refractivity contribution in [1.29, 1.82) is 0 Å². The van der Waals surface area contributed by atoms with Crippen molar-refractivity contribution >= 4 is 21.6 Å². The first kappa shape index (κ1) is 16.4. The molecule has 0 heterocycles. The number of rotatable bonds is 7. The minimum atomic E-state index is -3.13. The second-order valence-corrected chi connectivity index (χ2v) is 6.60. The van der Waals surface area contributed by atoms with E-state index in [1.165, 1.54) is 12.1 Å². The predicted molar refractivity (Wildman–Crippen MR) is 75.3 cm³/mol. The molecule has 2 N–H and O–H groups in total. The fourth-order valence-corrected chi connectivity index (χ4v) is 2.47. The van der Waals surface area contributed by atoms with Crippen molar-refractivity contribution in [2.45, 2.75) is 19.4 Å². The molecule has 0 spiro atoms. The van der Waals surface area contributed by atoms with Crippen molar-refractivity contribution in [3.05, 3.63) is 34.6 Å². The molecule has 0 fully saturated rings. The molecule has 1 rings (SSSR count). The molecule has 0 saturated carbocycles. The lowest BCUT2D eigenvalue weighted by molar-refractivity contribution is 0.547. The van der Waals surface area contributed by atoms with Gasteiger partial charge in [0.2, 0.25) is 10.0 Å². The second-order valence-electron chi connectivity index (χ2n) is 4.36. The van der Waals surface area contributed by atoms with Gasteiger partial charge >= 0.3 is 0 Å². The Bertz CT molecular complexity index is 522. The summed E-state index contributed by atoms with van der Waals surface area (Å²) in [6, 6.07) is 4.26. The van der Waals surface area contributed by atoms with E-state index in [1.54, 1.807) is 6.07 Å². The van der Waals surface area contributed by atoms with Crippen LogP contribution in [0.3, 0.4) is 0 Å². The number of benzene rings is 1. The molecule has 0 aliphatic heterocycles. The highest BCUT2D eigenvalue weighted by Gasteiger charge is 2.09. The molecule has 0 aliphatic carbocycles. The third-order valence-corrected chi connectivity index (χ3v) is 3.65. The third kappa shape index (κ3) is 6.33. The first-order valence-corrected chi connectivity index (χ1v) is 8.19. The van der Waals surface area contributed by atoms with Gasteiger partial charge < -0.3 is 5.32 Å². The number of sulfonamides is 1. The van der Waals surface area contributed by atoms with Crippen LogP contribution in [-0.2, 0) is 10.0 Å². The molecule has 1 atom stereocenters. The van der Waals surface area contributed by atoms with Crippen molar-refractivity contribution < 1.29 is 12.8 Å². The largest absolute Gasteiger partial charge is 0.310 e. The lowest BCUT2D eigenvalue weighted by Gasteiger charge is -2.15. The zero-order valence-corrected chi connectivity index (χ0v) is 12.5. The van der Waals surface area contributed by atoms with Crippen LogP contribution in [0.5, 0.6) is 0 Å². The monoisotopic (exact) mass is 308 g/mol. The number of nitrogens with one attached hydrogen (secondary N) is 2. The maximum Gasteiger partial charge on any atom is 0.208 e. The molecular formula is C12H18ClFN2O2S. The van der Waals surface area contributed by atoms with Crippen molar-refractivity contribution in [2.75, 3.05) is 19.3 Å². The quantitative estimate of drug-likeness (QED) is 0.758. The summed E-state index contributed by atoms with van der Waals surface area (Å²) in [7, 11) is -3.13. The Labute approximate surface area is 118 Å². The van der Waals surface area contributed by atoms with Gasteiger partial charge in [-0.05, 0) is 37.6 Å². The van der Waals surface area contributed by atoms with E-state index in [-0.39, 0.29) is 11.9 Å². The van der Waals surface area contributed by atoms with E-state index in [1.807, 2.05) is 6.92 Å². The summed E-state index contributed by atoms with van der Waals surface area (Å²) < 4.78 is 37.0. The van der Waals surface area contributed by atoms with Crippen LogP contribution in [-0.4, -0.2) is 27.8 Å². The van der Waals surface area contributed by atoms with Gasteiger partial charge in [-0.25, -0.2) is 17.5 Å². The molecule has 0 radical (unpaired) electrons. The number of hydrogen-bond donors (Lipinski definition) is 2. The Balaban J connectivity index is 2.37. The Morgan fingerprint density at radius 2 is 2.05 bits per heavy atom. The van der Waals surface area contributed by atoms with Crippen LogP contribution in [0.1, 0.15) is 24.9 Å². The van der Waals surface area contributed by atoms with Crippen LogP contribution >= 0.6 is 11.6 Å². The Morgan fingerprint density at radius 3 is 2.63 bits per heavy atom. The van der Waals surface area contributed by atoms with Crippen molar-refractivity contribution in [1.82, 2.24) is 10.0 Å². The minimum absolute atomic E-state index is 0.0219. The highest BCUT2D eigenvalue weighted by molar-refractivity contribution is 7.88. The fourth-order valence-electron chi connectivity index (χ4n) is 1.63. The van der Waals surface area contributed by atoms with E-state index in [9.17, 15) is 12.8 Å². The topological polar surface area (TPSA) is 58.2 Å². The van der Waals surface area contributed by atoms with Crippen LogP contribution in [0, 0.1) is 5.82 Å². The molecule has 4 nitrogen and oxygen atoms in total. The van der Waals surface area contributed by atoms with Gasteiger partial charge in [0, 0.05) is 17.6 Å².